The number of carboxylic acids is 1. The van der Waals surface area contributed by atoms with Gasteiger partial charge in [-0.05, 0) is 31.1 Å². The first-order valence-corrected chi connectivity index (χ1v) is 4.12. The molecule has 1 aromatic carbocycles. The van der Waals surface area contributed by atoms with Crippen molar-refractivity contribution in [1.29, 1.82) is 0 Å². The van der Waals surface area contributed by atoms with Gasteiger partial charge in [-0.1, -0.05) is 24.3 Å². The Balaban J connectivity index is 3.28. The van der Waals surface area contributed by atoms with E-state index in [4.69, 9.17) is 5.11 Å². The average Bonchev–Trinajstić information content (AvgIpc) is 2.16. The highest BCUT2D eigenvalue weighted by Crippen LogP contribution is 2.18. The summed E-state index contributed by atoms with van der Waals surface area (Å²) >= 11 is 0. The van der Waals surface area contributed by atoms with Gasteiger partial charge in [-0.3, -0.25) is 0 Å². The molecule has 0 atom stereocenters. The van der Waals surface area contributed by atoms with Crippen LogP contribution in [0, 0.1) is 0 Å². The fourth-order valence-corrected chi connectivity index (χ4v) is 1.17. The smallest absolute Gasteiger partial charge is 0.336 e. The van der Waals surface area contributed by atoms with Gasteiger partial charge in [0.15, 0.2) is 0 Å². The predicted molar refractivity (Wildman–Crippen MR) is 52.7 cm³/mol. The van der Waals surface area contributed by atoms with Gasteiger partial charge in [0.2, 0.25) is 0 Å². The lowest BCUT2D eigenvalue weighted by Gasteiger charge is -2.04. The van der Waals surface area contributed by atoms with Crippen LogP contribution in [0.3, 0.4) is 0 Å². The minimum absolute atomic E-state index is 0.359. The minimum Gasteiger partial charge on any atom is -0.478 e. The Kier molecular flexibility index (Phi) is 2.85. The molecule has 1 aromatic rings. The second-order valence-electron chi connectivity index (χ2n) is 2.82. The molecule has 0 fully saturated rings. The van der Waals surface area contributed by atoms with E-state index in [-0.39, 0.29) is 0 Å². The molecule has 0 saturated heterocycles. The molecule has 0 spiro atoms. The molecule has 1 N–H and O–H groups in total. The van der Waals surface area contributed by atoms with Crippen LogP contribution < -0.4 is 0 Å². The molecule has 2 nitrogen and oxygen atoms in total. The highest BCUT2D eigenvalue weighted by atomic mass is 16.4. The Labute approximate surface area is 77.5 Å². The van der Waals surface area contributed by atoms with Crippen LogP contribution in [0.1, 0.15) is 29.8 Å². The van der Waals surface area contributed by atoms with E-state index in [1.807, 2.05) is 32.1 Å². The number of hydrogen-bond donors (Lipinski definition) is 1. The van der Waals surface area contributed by atoms with Crippen LogP contribution in [0.2, 0.25) is 0 Å². The monoisotopic (exact) mass is 176 g/mol. The van der Waals surface area contributed by atoms with Gasteiger partial charge in [0, 0.05) is 0 Å². The van der Waals surface area contributed by atoms with Gasteiger partial charge in [-0.25, -0.2) is 4.79 Å². The molecule has 0 unspecified atom stereocenters. The Morgan fingerprint density at radius 1 is 1.31 bits per heavy atom. The number of aromatic carboxylic acids is 1. The Morgan fingerprint density at radius 2 is 1.85 bits per heavy atom. The summed E-state index contributed by atoms with van der Waals surface area (Å²) in [5, 5.41) is 8.88. The lowest BCUT2D eigenvalue weighted by molar-refractivity contribution is 0.0696. The van der Waals surface area contributed by atoms with E-state index in [2.05, 4.69) is 0 Å². The van der Waals surface area contributed by atoms with E-state index in [0.29, 0.717) is 5.56 Å². The summed E-state index contributed by atoms with van der Waals surface area (Å²) in [5.74, 6) is -0.878. The van der Waals surface area contributed by atoms with Gasteiger partial charge in [-0.2, -0.15) is 0 Å². The third-order valence-electron chi connectivity index (χ3n) is 2.02. The van der Waals surface area contributed by atoms with E-state index in [0.717, 1.165) is 11.1 Å². The first-order valence-electron chi connectivity index (χ1n) is 4.12. The fraction of sp³-hybridized carbons (Fsp3) is 0.182. The average molecular weight is 176 g/mol. The molecular formula is C11H12O2. The van der Waals surface area contributed by atoms with Crippen molar-refractivity contribution in [1.82, 2.24) is 0 Å². The van der Waals surface area contributed by atoms with Crippen LogP contribution in [-0.4, -0.2) is 11.1 Å². The molecule has 0 aliphatic carbocycles. The molecule has 68 valence electrons. The molecule has 0 aliphatic heterocycles. The van der Waals surface area contributed by atoms with Crippen molar-refractivity contribution in [3.8, 4) is 0 Å². The van der Waals surface area contributed by atoms with Crippen molar-refractivity contribution >= 4 is 11.5 Å². The molecular weight excluding hydrogens is 164 g/mol. The quantitative estimate of drug-likeness (QED) is 0.752. The van der Waals surface area contributed by atoms with Crippen molar-refractivity contribution < 1.29 is 9.90 Å². The zero-order valence-corrected chi connectivity index (χ0v) is 7.74. The summed E-state index contributed by atoms with van der Waals surface area (Å²) in [4.78, 5) is 10.8. The number of carbonyl (C=O) groups is 1. The van der Waals surface area contributed by atoms with Crippen molar-refractivity contribution in [2.75, 3.05) is 0 Å². The zero-order valence-electron chi connectivity index (χ0n) is 7.74. The predicted octanol–water partition coefficient (Wildman–Crippen LogP) is 2.81. The molecule has 2 heteroatoms. The van der Waals surface area contributed by atoms with Crippen LogP contribution in [0.25, 0.3) is 5.57 Å². The van der Waals surface area contributed by atoms with Crippen molar-refractivity contribution in [3.63, 3.8) is 0 Å². The normalized spacial score (nSPS) is 11.4. The number of carboxylic acid groups (broad SMARTS) is 1. The summed E-state index contributed by atoms with van der Waals surface area (Å²) in [7, 11) is 0. The van der Waals surface area contributed by atoms with Crippen molar-refractivity contribution in [2.45, 2.75) is 13.8 Å². The second kappa shape index (κ2) is 3.90. The molecule has 0 aromatic heterocycles. The number of rotatable bonds is 2. The largest absolute Gasteiger partial charge is 0.478 e. The molecule has 0 saturated carbocycles. The van der Waals surface area contributed by atoms with Gasteiger partial charge in [0.1, 0.15) is 0 Å². The lowest BCUT2D eigenvalue weighted by Crippen LogP contribution is -2.00. The maximum absolute atomic E-state index is 10.8. The molecule has 0 radical (unpaired) electrons. The summed E-state index contributed by atoms with van der Waals surface area (Å²) in [6.07, 6.45) is 1.90. The zero-order chi connectivity index (χ0) is 9.84. The Hall–Kier alpha value is -1.57. The van der Waals surface area contributed by atoms with Crippen LogP contribution in [-0.2, 0) is 0 Å². The highest BCUT2D eigenvalue weighted by Gasteiger charge is 2.08. The summed E-state index contributed by atoms with van der Waals surface area (Å²) in [5.41, 5.74) is 2.13. The first-order chi connectivity index (χ1) is 6.16. The fourth-order valence-electron chi connectivity index (χ4n) is 1.17. The van der Waals surface area contributed by atoms with Gasteiger partial charge >= 0.3 is 5.97 Å². The van der Waals surface area contributed by atoms with Gasteiger partial charge in [0.25, 0.3) is 0 Å². The van der Waals surface area contributed by atoms with Gasteiger partial charge in [0.05, 0.1) is 5.56 Å². The first kappa shape index (κ1) is 9.52. The standard InChI is InChI=1S/C11H12O2/c1-3-8(2)9-6-4-5-7-10(9)11(12)13/h3-7H,1-2H3,(H,12,13)/b8-3-. The van der Waals surface area contributed by atoms with Gasteiger partial charge < -0.3 is 5.11 Å². The van der Waals surface area contributed by atoms with Crippen molar-refractivity contribution in [2.24, 2.45) is 0 Å². The number of benzene rings is 1. The van der Waals surface area contributed by atoms with Crippen LogP contribution >= 0.6 is 0 Å². The van der Waals surface area contributed by atoms with Crippen LogP contribution in [0.15, 0.2) is 30.3 Å². The van der Waals surface area contributed by atoms with Crippen LogP contribution in [0.5, 0.6) is 0 Å². The molecule has 1 rings (SSSR count). The van der Waals surface area contributed by atoms with E-state index < -0.39 is 5.97 Å². The maximum Gasteiger partial charge on any atom is 0.336 e. The Morgan fingerprint density at radius 3 is 2.31 bits per heavy atom. The second-order valence-corrected chi connectivity index (χ2v) is 2.82. The summed E-state index contributed by atoms with van der Waals surface area (Å²) in [6, 6.07) is 7.01. The lowest BCUT2D eigenvalue weighted by atomic mass is 10.0. The van der Waals surface area contributed by atoms with E-state index in [1.54, 1.807) is 12.1 Å². The summed E-state index contributed by atoms with van der Waals surface area (Å²) < 4.78 is 0. The third-order valence-corrected chi connectivity index (χ3v) is 2.02. The molecule has 0 amide bonds. The minimum atomic E-state index is -0.878. The molecule has 13 heavy (non-hydrogen) atoms. The molecule has 0 aliphatic rings. The van der Waals surface area contributed by atoms with Gasteiger partial charge in [-0.15, -0.1) is 0 Å². The molecule has 0 bridgehead atoms. The van der Waals surface area contributed by atoms with Crippen LogP contribution in [0.4, 0.5) is 0 Å². The van der Waals surface area contributed by atoms with E-state index in [1.165, 1.54) is 0 Å². The number of allylic oxidation sites excluding steroid dienone is 2. The molecule has 0 heterocycles. The summed E-state index contributed by atoms with van der Waals surface area (Å²) in [6.45, 7) is 3.80. The topological polar surface area (TPSA) is 37.3 Å². The Bertz CT molecular complexity index is 351. The highest BCUT2D eigenvalue weighted by molar-refractivity contribution is 5.93. The maximum atomic E-state index is 10.8. The SMILES string of the molecule is C/C=C(/C)c1ccccc1C(=O)O. The number of hydrogen-bond acceptors (Lipinski definition) is 1. The van der Waals surface area contributed by atoms with Crippen molar-refractivity contribution in [3.05, 3.63) is 41.5 Å². The van der Waals surface area contributed by atoms with E-state index in [9.17, 15) is 4.79 Å². The third kappa shape index (κ3) is 1.96. The van der Waals surface area contributed by atoms with E-state index >= 15 is 0 Å².